The van der Waals surface area contributed by atoms with Gasteiger partial charge >= 0.3 is 6.09 Å². The lowest BCUT2D eigenvalue weighted by Crippen LogP contribution is -2.26. The normalized spacial score (nSPS) is 11.6. The number of amides is 1. The molecular formula is C13H17NO3. The molecule has 0 radical (unpaired) electrons. The SMILES string of the molecule is C=C(C)c1cccc(OC(CC)OC(N)=O)c1. The van der Waals surface area contributed by atoms with Crippen LogP contribution in [0.4, 0.5) is 4.79 Å². The van der Waals surface area contributed by atoms with Crippen LogP contribution in [-0.4, -0.2) is 12.4 Å². The zero-order chi connectivity index (χ0) is 12.8. The molecule has 0 aliphatic rings. The maximum absolute atomic E-state index is 10.6. The summed E-state index contributed by atoms with van der Waals surface area (Å²) in [7, 11) is 0. The average Bonchev–Trinajstić information content (AvgIpc) is 2.28. The van der Waals surface area contributed by atoms with E-state index in [4.69, 9.17) is 15.2 Å². The maximum atomic E-state index is 10.6. The fourth-order valence-corrected chi connectivity index (χ4v) is 1.31. The molecule has 1 amide bonds. The van der Waals surface area contributed by atoms with Crippen molar-refractivity contribution in [2.24, 2.45) is 5.73 Å². The fourth-order valence-electron chi connectivity index (χ4n) is 1.31. The molecule has 0 aliphatic heterocycles. The third-order valence-corrected chi connectivity index (χ3v) is 2.18. The zero-order valence-electron chi connectivity index (χ0n) is 10.1. The minimum Gasteiger partial charge on any atom is -0.455 e. The van der Waals surface area contributed by atoms with Gasteiger partial charge in [-0.1, -0.05) is 31.2 Å². The highest BCUT2D eigenvalue weighted by molar-refractivity contribution is 5.64. The van der Waals surface area contributed by atoms with Gasteiger partial charge in [-0.25, -0.2) is 4.79 Å². The molecule has 0 aliphatic carbocycles. The second-order valence-electron chi connectivity index (χ2n) is 3.70. The largest absolute Gasteiger partial charge is 0.455 e. The van der Waals surface area contributed by atoms with Gasteiger partial charge in [0.05, 0.1) is 0 Å². The first-order valence-electron chi connectivity index (χ1n) is 5.41. The molecule has 4 heteroatoms. The summed E-state index contributed by atoms with van der Waals surface area (Å²) in [6.45, 7) is 7.61. The molecule has 17 heavy (non-hydrogen) atoms. The second kappa shape index (κ2) is 5.94. The van der Waals surface area contributed by atoms with Crippen molar-refractivity contribution in [1.82, 2.24) is 0 Å². The molecule has 1 unspecified atom stereocenters. The molecule has 0 saturated carbocycles. The molecule has 0 aromatic heterocycles. The number of carbonyl (C=O) groups is 1. The van der Waals surface area contributed by atoms with E-state index in [1.54, 1.807) is 6.07 Å². The van der Waals surface area contributed by atoms with Crippen LogP contribution in [-0.2, 0) is 4.74 Å². The lowest BCUT2D eigenvalue weighted by Gasteiger charge is -2.17. The predicted molar refractivity (Wildman–Crippen MR) is 66.5 cm³/mol. The smallest absolute Gasteiger partial charge is 0.407 e. The highest BCUT2D eigenvalue weighted by Gasteiger charge is 2.11. The monoisotopic (exact) mass is 235 g/mol. The van der Waals surface area contributed by atoms with E-state index >= 15 is 0 Å². The van der Waals surface area contributed by atoms with Gasteiger partial charge in [0.15, 0.2) is 0 Å². The van der Waals surface area contributed by atoms with Crippen LogP contribution in [0.3, 0.4) is 0 Å². The Morgan fingerprint density at radius 1 is 1.53 bits per heavy atom. The zero-order valence-corrected chi connectivity index (χ0v) is 10.1. The quantitative estimate of drug-likeness (QED) is 0.798. The predicted octanol–water partition coefficient (Wildman–Crippen LogP) is 2.93. The average molecular weight is 235 g/mol. The van der Waals surface area contributed by atoms with Gasteiger partial charge in [-0.15, -0.1) is 0 Å². The van der Waals surface area contributed by atoms with Crippen LogP contribution in [0.5, 0.6) is 5.75 Å². The Morgan fingerprint density at radius 2 is 2.24 bits per heavy atom. The van der Waals surface area contributed by atoms with Crippen molar-refractivity contribution in [3.05, 3.63) is 36.4 Å². The van der Waals surface area contributed by atoms with E-state index in [1.165, 1.54) is 0 Å². The second-order valence-corrected chi connectivity index (χ2v) is 3.70. The van der Waals surface area contributed by atoms with Crippen molar-refractivity contribution < 1.29 is 14.3 Å². The molecule has 0 heterocycles. The molecule has 1 atom stereocenters. The van der Waals surface area contributed by atoms with Gasteiger partial charge in [0.25, 0.3) is 0 Å². The van der Waals surface area contributed by atoms with Gasteiger partial charge < -0.3 is 15.2 Å². The number of nitrogens with two attached hydrogens (primary N) is 1. The molecule has 0 spiro atoms. The Bertz CT molecular complexity index is 415. The molecule has 2 N–H and O–H groups in total. The highest BCUT2D eigenvalue weighted by Crippen LogP contribution is 2.20. The molecule has 0 fully saturated rings. The van der Waals surface area contributed by atoms with E-state index in [1.807, 2.05) is 32.0 Å². The number of primary amides is 1. The number of hydrogen-bond acceptors (Lipinski definition) is 3. The third-order valence-electron chi connectivity index (χ3n) is 2.18. The fraction of sp³-hybridized carbons (Fsp3) is 0.308. The van der Waals surface area contributed by atoms with Crippen LogP contribution in [0.25, 0.3) is 5.57 Å². The van der Waals surface area contributed by atoms with Gasteiger partial charge in [-0.2, -0.15) is 0 Å². The molecular weight excluding hydrogens is 218 g/mol. The molecule has 0 saturated heterocycles. The number of ether oxygens (including phenoxy) is 2. The van der Waals surface area contributed by atoms with Crippen molar-refractivity contribution >= 4 is 11.7 Å². The third kappa shape index (κ3) is 4.18. The van der Waals surface area contributed by atoms with Crippen LogP contribution < -0.4 is 10.5 Å². The number of allylic oxidation sites excluding steroid dienone is 1. The van der Waals surface area contributed by atoms with E-state index in [0.29, 0.717) is 12.2 Å². The van der Waals surface area contributed by atoms with Gasteiger partial charge in [0.2, 0.25) is 6.29 Å². The molecule has 1 aromatic rings. The first-order valence-corrected chi connectivity index (χ1v) is 5.41. The van der Waals surface area contributed by atoms with Crippen LogP contribution in [0, 0.1) is 0 Å². The molecule has 0 bridgehead atoms. The van der Waals surface area contributed by atoms with Gasteiger partial charge in [0.1, 0.15) is 5.75 Å². The van der Waals surface area contributed by atoms with Crippen molar-refractivity contribution in [3.8, 4) is 5.75 Å². The standard InChI is InChI=1S/C13H17NO3/c1-4-12(17-13(14)15)16-11-7-5-6-10(8-11)9(2)3/h5-8,12H,2,4H2,1,3H3,(H2,14,15). The van der Waals surface area contributed by atoms with E-state index < -0.39 is 12.4 Å². The van der Waals surface area contributed by atoms with Crippen molar-refractivity contribution in [2.75, 3.05) is 0 Å². The summed E-state index contributed by atoms with van der Waals surface area (Å²) in [6, 6.07) is 7.43. The first-order chi connectivity index (χ1) is 8.02. The van der Waals surface area contributed by atoms with E-state index in [0.717, 1.165) is 11.1 Å². The van der Waals surface area contributed by atoms with E-state index in [9.17, 15) is 4.79 Å². The van der Waals surface area contributed by atoms with Crippen LogP contribution >= 0.6 is 0 Å². The first kappa shape index (κ1) is 13.1. The van der Waals surface area contributed by atoms with E-state index in [-0.39, 0.29) is 0 Å². The van der Waals surface area contributed by atoms with Crippen LogP contribution in [0.2, 0.25) is 0 Å². The topological polar surface area (TPSA) is 61.6 Å². The number of benzene rings is 1. The van der Waals surface area contributed by atoms with E-state index in [2.05, 4.69) is 6.58 Å². The van der Waals surface area contributed by atoms with Crippen molar-refractivity contribution in [1.29, 1.82) is 0 Å². The lowest BCUT2D eigenvalue weighted by molar-refractivity contribution is -0.0302. The summed E-state index contributed by atoms with van der Waals surface area (Å²) >= 11 is 0. The Kier molecular flexibility index (Phi) is 4.57. The van der Waals surface area contributed by atoms with Crippen molar-refractivity contribution in [2.45, 2.75) is 26.6 Å². The highest BCUT2D eigenvalue weighted by atomic mass is 16.7. The Labute approximate surface area is 101 Å². The number of rotatable bonds is 5. The van der Waals surface area contributed by atoms with Crippen LogP contribution in [0.1, 0.15) is 25.8 Å². The number of hydrogen-bond donors (Lipinski definition) is 1. The molecule has 1 aromatic carbocycles. The molecule has 92 valence electrons. The van der Waals surface area contributed by atoms with Gasteiger partial charge in [-0.3, -0.25) is 0 Å². The van der Waals surface area contributed by atoms with Gasteiger partial charge in [0, 0.05) is 6.42 Å². The minimum absolute atomic E-state index is 0.528. The number of carbonyl (C=O) groups excluding carboxylic acids is 1. The summed E-state index contributed by atoms with van der Waals surface area (Å²) in [5.41, 5.74) is 6.87. The maximum Gasteiger partial charge on any atom is 0.407 e. The Morgan fingerprint density at radius 3 is 2.76 bits per heavy atom. The molecule has 1 rings (SSSR count). The molecule has 4 nitrogen and oxygen atoms in total. The summed E-state index contributed by atoms with van der Waals surface area (Å²) in [5.74, 6) is 0.624. The Hall–Kier alpha value is -1.97. The van der Waals surface area contributed by atoms with Crippen molar-refractivity contribution in [3.63, 3.8) is 0 Å². The summed E-state index contributed by atoms with van der Waals surface area (Å²) in [6.07, 6.45) is -0.971. The van der Waals surface area contributed by atoms with Crippen LogP contribution in [0.15, 0.2) is 30.8 Å². The minimum atomic E-state index is -0.840. The Balaban J connectivity index is 2.75. The summed E-state index contributed by atoms with van der Waals surface area (Å²) in [5, 5.41) is 0. The summed E-state index contributed by atoms with van der Waals surface area (Å²) in [4.78, 5) is 10.6. The summed E-state index contributed by atoms with van der Waals surface area (Å²) < 4.78 is 10.3. The van der Waals surface area contributed by atoms with Gasteiger partial charge in [-0.05, 0) is 24.6 Å². The lowest BCUT2D eigenvalue weighted by atomic mass is 10.1.